The van der Waals surface area contributed by atoms with E-state index < -0.39 is 13.9 Å². The highest BCUT2D eigenvalue weighted by molar-refractivity contribution is 7.47. The summed E-state index contributed by atoms with van der Waals surface area (Å²) >= 11 is 0. The van der Waals surface area contributed by atoms with E-state index in [1.54, 1.807) is 0 Å². The summed E-state index contributed by atoms with van der Waals surface area (Å²) in [4.78, 5) is 22.7. The summed E-state index contributed by atoms with van der Waals surface area (Å²) in [5.41, 5.74) is 5.40. The number of carbonyl (C=O) groups is 1. The number of hydrogen-bond donors (Lipinski definition) is 2. The fraction of sp³-hybridized carbons (Fsp3) is 0.842. The monoisotopic (exact) mass is 950 g/mol. The first-order valence-electron chi connectivity index (χ1n) is 28.1. The Morgan fingerprint density at radius 1 is 0.470 bits per heavy atom. The minimum atomic E-state index is -4.29. The van der Waals surface area contributed by atoms with E-state index in [4.69, 9.17) is 24.3 Å². The van der Waals surface area contributed by atoms with Gasteiger partial charge in [-0.15, -0.1) is 0 Å². The third-order valence-electron chi connectivity index (χ3n) is 12.3. The maximum Gasteiger partial charge on any atom is 0.472 e. The highest BCUT2D eigenvalue weighted by Crippen LogP contribution is 2.43. The molecule has 0 rings (SSSR count). The van der Waals surface area contributed by atoms with Gasteiger partial charge in [-0.25, -0.2) is 4.57 Å². The van der Waals surface area contributed by atoms with Gasteiger partial charge >= 0.3 is 13.8 Å². The lowest BCUT2D eigenvalue weighted by atomic mass is 10.0. The van der Waals surface area contributed by atoms with Gasteiger partial charge in [0, 0.05) is 19.6 Å². The van der Waals surface area contributed by atoms with E-state index in [1.807, 2.05) is 0 Å². The number of hydrogen-bond acceptors (Lipinski definition) is 7. The van der Waals surface area contributed by atoms with Crippen LogP contribution in [0.4, 0.5) is 0 Å². The van der Waals surface area contributed by atoms with Gasteiger partial charge in [0.25, 0.3) is 0 Å². The zero-order valence-electron chi connectivity index (χ0n) is 43.4. The zero-order valence-corrected chi connectivity index (χ0v) is 44.3. The summed E-state index contributed by atoms with van der Waals surface area (Å²) in [6.07, 6.45) is 67.3. The molecule has 0 saturated carbocycles. The third kappa shape index (κ3) is 53.4. The first kappa shape index (κ1) is 64.5. The van der Waals surface area contributed by atoms with Crippen molar-refractivity contribution in [2.45, 2.75) is 277 Å². The van der Waals surface area contributed by atoms with Crippen LogP contribution >= 0.6 is 7.82 Å². The average Bonchev–Trinajstić information content (AvgIpc) is 3.31. The van der Waals surface area contributed by atoms with Crippen LogP contribution < -0.4 is 5.73 Å². The van der Waals surface area contributed by atoms with E-state index in [9.17, 15) is 14.3 Å². The molecule has 0 aliphatic carbocycles. The van der Waals surface area contributed by atoms with Gasteiger partial charge in [-0.3, -0.25) is 13.8 Å². The maximum atomic E-state index is 12.7. The summed E-state index contributed by atoms with van der Waals surface area (Å²) in [5, 5.41) is 0. The van der Waals surface area contributed by atoms with Crippen LogP contribution in [-0.4, -0.2) is 49.9 Å². The van der Waals surface area contributed by atoms with Crippen molar-refractivity contribution < 1.29 is 32.8 Å². The van der Waals surface area contributed by atoms with Crippen molar-refractivity contribution in [1.82, 2.24) is 0 Å². The Kier molecular flexibility index (Phi) is 53.1. The van der Waals surface area contributed by atoms with E-state index in [0.717, 1.165) is 57.8 Å². The number of allylic oxidation sites excluding steroid dienone is 8. The van der Waals surface area contributed by atoms with Gasteiger partial charge in [-0.2, -0.15) is 0 Å². The number of phosphoric acid groups is 1. The molecule has 0 aliphatic heterocycles. The van der Waals surface area contributed by atoms with E-state index >= 15 is 0 Å². The molecular formula is C57H108NO7P. The molecule has 3 N–H and O–H groups in total. The van der Waals surface area contributed by atoms with E-state index in [0.29, 0.717) is 13.0 Å². The highest BCUT2D eigenvalue weighted by Gasteiger charge is 2.25. The minimum Gasteiger partial charge on any atom is -0.457 e. The van der Waals surface area contributed by atoms with Crippen molar-refractivity contribution >= 4 is 13.8 Å². The average molecular weight is 950 g/mol. The fourth-order valence-corrected chi connectivity index (χ4v) is 8.93. The molecule has 0 amide bonds. The van der Waals surface area contributed by atoms with Crippen LogP contribution in [0.1, 0.15) is 271 Å². The minimum absolute atomic E-state index is 0.0962. The Bertz CT molecular complexity index is 1160. The lowest BCUT2D eigenvalue weighted by Crippen LogP contribution is -2.28. The SMILES string of the molecule is CC/C=C\C/C=C\C/C=C\C/C=C\CCCCCCCCCCCOCC(COP(=O)(O)OCCN)OC(=O)CCCCCCCCCCCCCCCCCCCCCCCCCCC. The van der Waals surface area contributed by atoms with Crippen LogP contribution in [0.15, 0.2) is 48.6 Å². The molecule has 0 bridgehead atoms. The quantitative estimate of drug-likeness (QED) is 0.0268. The number of unbranched alkanes of at least 4 members (excludes halogenated alkanes) is 33. The van der Waals surface area contributed by atoms with Crippen LogP contribution in [0.25, 0.3) is 0 Å². The fourth-order valence-electron chi connectivity index (χ4n) is 8.17. The number of esters is 1. The van der Waals surface area contributed by atoms with Gasteiger partial charge in [-0.1, -0.05) is 262 Å². The van der Waals surface area contributed by atoms with Crippen LogP contribution in [0.5, 0.6) is 0 Å². The molecule has 0 aromatic carbocycles. The molecule has 0 heterocycles. The van der Waals surface area contributed by atoms with Gasteiger partial charge in [-0.05, 0) is 51.4 Å². The molecular weight excluding hydrogens is 842 g/mol. The highest BCUT2D eigenvalue weighted by atomic mass is 31.2. The van der Waals surface area contributed by atoms with Gasteiger partial charge in [0.1, 0.15) is 6.10 Å². The summed E-state index contributed by atoms with van der Waals surface area (Å²) in [5.74, 6) is -0.327. The number of nitrogens with two attached hydrogens (primary N) is 1. The second kappa shape index (κ2) is 54.4. The van der Waals surface area contributed by atoms with Crippen molar-refractivity contribution in [3.05, 3.63) is 48.6 Å². The summed E-state index contributed by atoms with van der Waals surface area (Å²) in [6.45, 7) is 4.85. The molecule has 0 radical (unpaired) electrons. The number of ether oxygens (including phenoxy) is 2. The molecule has 8 nitrogen and oxygen atoms in total. The molecule has 0 aromatic heterocycles. The molecule has 0 aliphatic rings. The lowest BCUT2D eigenvalue weighted by Gasteiger charge is -2.20. The standard InChI is InChI=1S/C57H108NO7P/c1-3-5-7-9-11-13-15-17-19-21-23-25-27-28-29-30-32-34-36-38-40-42-44-46-48-50-57(59)65-56(55-64-66(60,61)63-53-51-58)54-62-52-49-47-45-43-41-39-37-35-33-31-26-24-22-20-18-16-14-12-10-8-6-4-2/h6,8,12,14,18,20,24,26,56H,3-5,7,9-11,13,15-17,19,21-23,25,27-55,58H2,1-2H3,(H,60,61)/b8-6-,14-12-,20-18-,26-24-. The van der Waals surface area contributed by atoms with Gasteiger partial charge < -0.3 is 20.1 Å². The topological polar surface area (TPSA) is 117 Å². The van der Waals surface area contributed by atoms with Crippen LogP contribution in [-0.2, 0) is 27.9 Å². The van der Waals surface area contributed by atoms with Crippen LogP contribution in [0.3, 0.4) is 0 Å². The van der Waals surface area contributed by atoms with Gasteiger partial charge in [0.15, 0.2) is 0 Å². The van der Waals surface area contributed by atoms with Gasteiger partial charge in [0.2, 0.25) is 0 Å². The van der Waals surface area contributed by atoms with Crippen molar-refractivity contribution in [1.29, 1.82) is 0 Å². The third-order valence-corrected chi connectivity index (χ3v) is 13.2. The Hall–Kier alpha value is -1.54. The number of phosphoric ester groups is 1. The summed E-state index contributed by atoms with van der Waals surface area (Å²) in [6, 6.07) is 0. The molecule has 0 fully saturated rings. The maximum absolute atomic E-state index is 12.7. The van der Waals surface area contributed by atoms with E-state index in [-0.39, 0.29) is 32.3 Å². The molecule has 0 spiro atoms. The molecule has 9 heteroatoms. The Morgan fingerprint density at radius 3 is 1.27 bits per heavy atom. The molecule has 2 atom stereocenters. The second-order valence-electron chi connectivity index (χ2n) is 18.8. The zero-order chi connectivity index (χ0) is 48.0. The van der Waals surface area contributed by atoms with E-state index in [2.05, 4.69) is 62.5 Å². The van der Waals surface area contributed by atoms with Crippen molar-refractivity contribution in [3.8, 4) is 0 Å². The lowest BCUT2D eigenvalue weighted by molar-refractivity contribution is -0.154. The Morgan fingerprint density at radius 2 is 0.848 bits per heavy atom. The first-order chi connectivity index (χ1) is 32.4. The van der Waals surface area contributed by atoms with Crippen molar-refractivity contribution in [2.75, 3.05) is 33.0 Å². The molecule has 2 unspecified atom stereocenters. The number of carbonyl (C=O) groups excluding carboxylic acids is 1. The number of rotatable bonds is 54. The van der Waals surface area contributed by atoms with E-state index in [1.165, 1.54) is 193 Å². The van der Waals surface area contributed by atoms with Crippen LogP contribution in [0, 0.1) is 0 Å². The molecule has 0 aromatic rings. The predicted molar refractivity (Wildman–Crippen MR) is 284 cm³/mol. The molecule has 0 saturated heterocycles. The smallest absolute Gasteiger partial charge is 0.457 e. The predicted octanol–water partition coefficient (Wildman–Crippen LogP) is 17.9. The normalized spacial score (nSPS) is 13.6. The second-order valence-corrected chi connectivity index (χ2v) is 20.2. The van der Waals surface area contributed by atoms with Crippen LogP contribution in [0.2, 0.25) is 0 Å². The summed E-state index contributed by atoms with van der Waals surface area (Å²) in [7, 11) is -4.29. The Balaban J connectivity index is 3.87. The first-order valence-corrected chi connectivity index (χ1v) is 29.6. The van der Waals surface area contributed by atoms with Crippen molar-refractivity contribution in [2.24, 2.45) is 5.73 Å². The van der Waals surface area contributed by atoms with Gasteiger partial charge in [0.05, 0.1) is 19.8 Å². The summed E-state index contributed by atoms with van der Waals surface area (Å²) < 4.78 is 33.7. The van der Waals surface area contributed by atoms with Crippen molar-refractivity contribution in [3.63, 3.8) is 0 Å². The Labute approximate surface area is 409 Å². The largest absolute Gasteiger partial charge is 0.472 e. The molecule has 66 heavy (non-hydrogen) atoms. The molecule has 388 valence electrons.